The lowest BCUT2D eigenvalue weighted by atomic mass is 10.2. The van der Waals surface area contributed by atoms with Crippen molar-refractivity contribution in [3.05, 3.63) is 40.6 Å². The van der Waals surface area contributed by atoms with Crippen LogP contribution in [0.2, 0.25) is 0 Å². The number of H-pyrrole nitrogens is 1. The number of nitrogens with one attached hydrogen (secondary N) is 1. The molecule has 0 aromatic carbocycles. The van der Waals surface area contributed by atoms with Gasteiger partial charge in [-0.3, -0.25) is 9.48 Å². The molecule has 6 heteroatoms. The zero-order valence-corrected chi connectivity index (χ0v) is 10.9. The second kappa shape index (κ2) is 4.38. The Hall–Kier alpha value is -2.37. The van der Waals surface area contributed by atoms with Crippen LogP contribution >= 0.6 is 0 Å². The first-order chi connectivity index (χ1) is 9.17. The molecule has 0 aliphatic carbocycles. The van der Waals surface area contributed by atoms with Crippen LogP contribution in [0.5, 0.6) is 0 Å². The van der Waals surface area contributed by atoms with E-state index in [1.165, 1.54) is 0 Å². The normalized spacial score (nSPS) is 11.3. The van der Waals surface area contributed by atoms with Crippen molar-refractivity contribution in [3.63, 3.8) is 0 Å². The van der Waals surface area contributed by atoms with E-state index >= 15 is 0 Å². The standard InChI is InChI=1S/C13H15N5O/c1-3-4-10-5-12-15-13(19)6-11(18(12)16-10)9-7-14-17(2)8-9/h5-8H,3-4H2,1-2H3,(H,15,19). The van der Waals surface area contributed by atoms with Crippen LogP contribution in [0.3, 0.4) is 0 Å². The fourth-order valence-corrected chi connectivity index (χ4v) is 2.19. The highest BCUT2D eigenvalue weighted by Crippen LogP contribution is 2.18. The van der Waals surface area contributed by atoms with Gasteiger partial charge in [0.25, 0.3) is 5.56 Å². The van der Waals surface area contributed by atoms with Gasteiger partial charge in [-0.1, -0.05) is 13.3 Å². The molecule has 0 aliphatic rings. The molecule has 0 amide bonds. The van der Waals surface area contributed by atoms with Crippen LogP contribution in [-0.2, 0) is 13.5 Å². The van der Waals surface area contributed by atoms with Gasteiger partial charge in [-0.25, -0.2) is 4.52 Å². The fourth-order valence-electron chi connectivity index (χ4n) is 2.19. The SMILES string of the molecule is CCCc1cc2[nH]c(=O)cc(-c3cnn(C)c3)n2n1. The summed E-state index contributed by atoms with van der Waals surface area (Å²) in [5.41, 5.74) is 3.21. The van der Waals surface area contributed by atoms with Gasteiger partial charge in [-0.2, -0.15) is 10.2 Å². The second-order valence-corrected chi connectivity index (χ2v) is 4.60. The maximum atomic E-state index is 11.7. The van der Waals surface area contributed by atoms with E-state index in [2.05, 4.69) is 22.1 Å². The van der Waals surface area contributed by atoms with Crippen LogP contribution in [0.4, 0.5) is 0 Å². The van der Waals surface area contributed by atoms with Crippen molar-refractivity contribution >= 4 is 5.65 Å². The van der Waals surface area contributed by atoms with Crippen molar-refractivity contribution in [1.82, 2.24) is 24.4 Å². The van der Waals surface area contributed by atoms with Crippen molar-refractivity contribution < 1.29 is 0 Å². The smallest absolute Gasteiger partial charge is 0.251 e. The Morgan fingerprint density at radius 1 is 1.37 bits per heavy atom. The Bertz CT molecular complexity index is 780. The molecule has 0 atom stereocenters. The molecule has 3 aromatic heterocycles. The molecule has 0 aliphatic heterocycles. The number of hydrogen-bond donors (Lipinski definition) is 1. The summed E-state index contributed by atoms with van der Waals surface area (Å²) in [7, 11) is 1.85. The molecule has 0 radical (unpaired) electrons. The maximum Gasteiger partial charge on any atom is 0.251 e. The van der Waals surface area contributed by atoms with Gasteiger partial charge in [-0.05, 0) is 6.42 Å². The van der Waals surface area contributed by atoms with Crippen LogP contribution in [0.1, 0.15) is 19.0 Å². The molecule has 3 aromatic rings. The molecule has 3 heterocycles. The molecule has 0 unspecified atom stereocenters. The van der Waals surface area contributed by atoms with Gasteiger partial charge in [0.1, 0.15) is 5.65 Å². The second-order valence-electron chi connectivity index (χ2n) is 4.60. The summed E-state index contributed by atoms with van der Waals surface area (Å²) in [5.74, 6) is 0. The molecular weight excluding hydrogens is 242 g/mol. The predicted molar refractivity (Wildman–Crippen MR) is 72.0 cm³/mol. The highest BCUT2D eigenvalue weighted by atomic mass is 16.1. The third-order valence-corrected chi connectivity index (χ3v) is 3.01. The average Bonchev–Trinajstić information content (AvgIpc) is 2.94. The van der Waals surface area contributed by atoms with Crippen LogP contribution < -0.4 is 5.56 Å². The molecule has 0 spiro atoms. The minimum absolute atomic E-state index is 0.130. The van der Waals surface area contributed by atoms with Gasteiger partial charge in [0.05, 0.1) is 17.6 Å². The van der Waals surface area contributed by atoms with E-state index in [1.54, 1.807) is 21.5 Å². The predicted octanol–water partition coefficient (Wildman–Crippen LogP) is 1.38. The lowest BCUT2D eigenvalue weighted by molar-refractivity contribution is 0.767. The minimum Gasteiger partial charge on any atom is -0.307 e. The molecule has 6 nitrogen and oxygen atoms in total. The highest BCUT2D eigenvalue weighted by Gasteiger charge is 2.10. The quantitative estimate of drug-likeness (QED) is 0.770. The number of nitrogens with zero attached hydrogens (tertiary/aromatic N) is 4. The van der Waals surface area contributed by atoms with Gasteiger partial charge in [-0.15, -0.1) is 0 Å². The van der Waals surface area contributed by atoms with Crippen molar-refractivity contribution in [2.24, 2.45) is 7.05 Å². The average molecular weight is 257 g/mol. The molecule has 19 heavy (non-hydrogen) atoms. The van der Waals surface area contributed by atoms with Crippen molar-refractivity contribution in [2.45, 2.75) is 19.8 Å². The zero-order chi connectivity index (χ0) is 13.4. The first-order valence-corrected chi connectivity index (χ1v) is 6.28. The number of hydrogen-bond acceptors (Lipinski definition) is 3. The molecule has 0 bridgehead atoms. The van der Waals surface area contributed by atoms with Gasteiger partial charge in [0.15, 0.2) is 0 Å². The summed E-state index contributed by atoms with van der Waals surface area (Å²) in [5, 5.41) is 8.67. The van der Waals surface area contributed by atoms with Gasteiger partial charge in [0, 0.05) is 30.9 Å². The Kier molecular flexibility index (Phi) is 2.70. The number of fused-ring (bicyclic) bond motifs is 1. The molecule has 0 saturated heterocycles. The van der Waals surface area contributed by atoms with Crippen molar-refractivity contribution in [2.75, 3.05) is 0 Å². The number of aryl methyl sites for hydroxylation is 2. The van der Waals surface area contributed by atoms with Crippen molar-refractivity contribution in [3.8, 4) is 11.3 Å². The molecule has 3 rings (SSSR count). The third-order valence-electron chi connectivity index (χ3n) is 3.01. The molecule has 0 saturated carbocycles. The first kappa shape index (κ1) is 11.7. The summed E-state index contributed by atoms with van der Waals surface area (Å²) in [6.45, 7) is 2.11. The lowest BCUT2D eigenvalue weighted by Gasteiger charge is -2.00. The topological polar surface area (TPSA) is 68.0 Å². The summed E-state index contributed by atoms with van der Waals surface area (Å²) < 4.78 is 3.47. The van der Waals surface area contributed by atoms with E-state index < -0.39 is 0 Å². The number of aromatic nitrogens is 5. The summed E-state index contributed by atoms with van der Waals surface area (Å²) in [4.78, 5) is 14.5. The van der Waals surface area contributed by atoms with Gasteiger partial charge in [0.2, 0.25) is 0 Å². The van der Waals surface area contributed by atoms with E-state index in [0.717, 1.165) is 35.4 Å². The minimum atomic E-state index is -0.130. The highest BCUT2D eigenvalue weighted by molar-refractivity contribution is 5.60. The first-order valence-electron chi connectivity index (χ1n) is 6.28. The Morgan fingerprint density at radius 3 is 2.89 bits per heavy atom. The van der Waals surface area contributed by atoms with Gasteiger partial charge >= 0.3 is 0 Å². The third kappa shape index (κ3) is 2.05. The van der Waals surface area contributed by atoms with E-state index in [9.17, 15) is 4.79 Å². The fraction of sp³-hybridized carbons (Fsp3) is 0.308. The largest absolute Gasteiger partial charge is 0.307 e. The Morgan fingerprint density at radius 2 is 2.21 bits per heavy atom. The summed E-state index contributed by atoms with van der Waals surface area (Å²) in [6.07, 6.45) is 5.53. The maximum absolute atomic E-state index is 11.7. The monoisotopic (exact) mass is 257 g/mol. The molecule has 0 fully saturated rings. The van der Waals surface area contributed by atoms with Crippen LogP contribution in [0.15, 0.2) is 29.3 Å². The van der Waals surface area contributed by atoms with E-state index in [4.69, 9.17) is 0 Å². The van der Waals surface area contributed by atoms with Crippen LogP contribution in [0.25, 0.3) is 16.9 Å². The number of aromatic amines is 1. The summed E-state index contributed by atoms with van der Waals surface area (Å²) in [6, 6.07) is 3.47. The van der Waals surface area contributed by atoms with E-state index in [0.29, 0.717) is 0 Å². The molecule has 1 N–H and O–H groups in total. The zero-order valence-electron chi connectivity index (χ0n) is 10.9. The Balaban J connectivity index is 2.25. The van der Waals surface area contributed by atoms with Crippen molar-refractivity contribution in [1.29, 1.82) is 0 Å². The molecular formula is C13H15N5O. The van der Waals surface area contributed by atoms with Gasteiger partial charge < -0.3 is 4.98 Å². The van der Waals surface area contributed by atoms with E-state index in [-0.39, 0.29) is 5.56 Å². The Labute approximate surface area is 109 Å². The summed E-state index contributed by atoms with van der Waals surface area (Å²) >= 11 is 0. The molecule has 98 valence electrons. The van der Waals surface area contributed by atoms with Crippen LogP contribution in [0, 0.1) is 0 Å². The lowest BCUT2D eigenvalue weighted by Crippen LogP contribution is -2.09. The number of rotatable bonds is 3. The van der Waals surface area contributed by atoms with E-state index in [1.807, 2.05) is 19.3 Å². The van der Waals surface area contributed by atoms with Crippen LogP contribution in [-0.4, -0.2) is 24.4 Å².